The van der Waals surface area contributed by atoms with E-state index in [2.05, 4.69) is 25.2 Å². The molecule has 4 heteroatoms. The van der Waals surface area contributed by atoms with Gasteiger partial charge in [0.1, 0.15) is 5.70 Å². The summed E-state index contributed by atoms with van der Waals surface area (Å²) in [6.07, 6.45) is 8.08. The van der Waals surface area contributed by atoms with Gasteiger partial charge in [0, 0.05) is 16.0 Å². The van der Waals surface area contributed by atoms with Crippen molar-refractivity contribution in [1.29, 1.82) is 0 Å². The first kappa shape index (κ1) is 16.8. The summed E-state index contributed by atoms with van der Waals surface area (Å²) in [5, 5.41) is 4.18. The third kappa shape index (κ3) is 2.48. The molecule has 3 rings (SSSR count). The first-order valence-corrected chi connectivity index (χ1v) is 8.69. The van der Waals surface area contributed by atoms with E-state index in [9.17, 15) is 4.79 Å². The summed E-state index contributed by atoms with van der Waals surface area (Å²) in [5.74, 6) is -0.331. The Bertz CT molecular complexity index is 739. The van der Waals surface area contributed by atoms with Gasteiger partial charge in [0.2, 0.25) is 0 Å². The van der Waals surface area contributed by atoms with Crippen LogP contribution in [0.2, 0.25) is 5.02 Å². The maximum atomic E-state index is 12.3. The van der Waals surface area contributed by atoms with Crippen molar-refractivity contribution >= 4 is 17.6 Å². The Morgan fingerprint density at radius 2 is 1.92 bits per heavy atom. The lowest BCUT2D eigenvalue weighted by molar-refractivity contribution is -0.136. The van der Waals surface area contributed by atoms with Crippen molar-refractivity contribution in [2.24, 2.45) is 5.41 Å². The van der Waals surface area contributed by atoms with Gasteiger partial charge < -0.3 is 10.1 Å². The highest BCUT2D eigenvalue weighted by Gasteiger charge is 2.46. The minimum Gasteiger partial charge on any atom is -0.464 e. The standard InChI is InChI=1S/C20H22ClNO2/c1-4-20(5-2)16-8-6-7-15(16)17(19(23)24-3)22-18(20)13-9-11-14(21)12-10-13/h6-12,18,22H,4-5H2,1-3H3. The van der Waals surface area contributed by atoms with Crippen LogP contribution in [0.15, 0.2) is 59.3 Å². The lowest BCUT2D eigenvalue weighted by Crippen LogP contribution is -2.45. The number of ether oxygens (including phenoxy) is 1. The highest BCUT2D eigenvalue weighted by molar-refractivity contribution is 6.30. The number of esters is 1. The molecule has 3 nitrogen and oxygen atoms in total. The molecule has 1 aliphatic heterocycles. The maximum Gasteiger partial charge on any atom is 0.354 e. The number of benzene rings is 1. The van der Waals surface area contributed by atoms with Gasteiger partial charge in [-0.05, 0) is 36.1 Å². The third-order valence-electron chi connectivity index (χ3n) is 5.32. The van der Waals surface area contributed by atoms with E-state index in [0.717, 1.165) is 24.0 Å². The minimum atomic E-state index is -0.331. The highest BCUT2D eigenvalue weighted by atomic mass is 35.5. The lowest BCUT2D eigenvalue weighted by Gasteiger charge is -2.46. The number of hydrogen-bond donors (Lipinski definition) is 1. The predicted molar refractivity (Wildman–Crippen MR) is 96.6 cm³/mol. The van der Waals surface area contributed by atoms with Crippen LogP contribution >= 0.6 is 11.6 Å². The number of nitrogens with one attached hydrogen (secondary N) is 1. The quantitative estimate of drug-likeness (QED) is 0.804. The summed E-state index contributed by atoms with van der Waals surface area (Å²) in [6, 6.07) is 7.85. The number of halogens is 1. The second kappa shape index (κ2) is 6.48. The average molecular weight is 344 g/mol. The molecule has 1 heterocycles. The zero-order valence-electron chi connectivity index (χ0n) is 14.2. The number of fused-ring (bicyclic) bond motifs is 1. The number of carbonyl (C=O) groups excluding carboxylic acids is 1. The van der Waals surface area contributed by atoms with Crippen molar-refractivity contribution in [3.05, 3.63) is 69.9 Å². The third-order valence-corrected chi connectivity index (χ3v) is 5.57. The van der Waals surface area contributed by atoms with Crippen molar-refractivity contribution in [2.45, 2.75) is 32.7 Å². The molecule has 1 N–H and O–H groups in total. The van der Waals surface area contributed by atoms with E-state index in [1.54, 1.807) is 0 Å². The molecule has 0 fully saturated rings. The highest BCUT2D eigenvalue weighted by Crippen LogP contribution is 2.54. The molecule has 0 radical (unpaired) electrons. The van der Waals surface area contributed by atoms with Gasteiger partial charge in [-0.15, -0.1) is 0 Å². The Kier molecular flexibility index (Phi) is 4.55. The molecule has 0 aromatic heterocycles. The van der Waals surface area contributed by atoms with Crippen LogP contribution in [-0.2, 0) is 9.53 Å². The smallest absolute Gasteiger partial charge is 0.354 e. The number of allylic oxidation sites excluding steroid dienone is 4. The van der Waals surface area contributed by atoms with Gasteiger partial charge in [0.25, 0.3) is 0 Å². The molecule has 0 spiro atoms. The second-order valence-corrected chi connectivity index (χ2v) is 6.65. The van der Waals surface area contributed by atoms with Crippen molar-refractivity contribution < 1.29 is 9.53 Å². The summed E-state index contributed by atoms with van der Waals surface area (Å²) >= 11 is 6.05. The van der Waals surface area contributed by atoms with E-state index < -0.39 is 0 Å². The van der Waals surface area contributed by atoms with E-state index in [-0.39, 0.29) is 17.4 Å². The van der Waals surface area contributed by atoms with E-state index >= 15 is 0 Å². The van der Waals surface area contributed by atoms with Crippen LogP contribution in [0.1, 0.15) is 38.3 Å². The fraction of sp³-hybridized carbons (Fsp3) is 0.350. The number of methoxy groups -OCH3 is 1. The summed E-state index contributed by atoms with van der Waals surface area (Å²) in [5.41, 5.74) is 3.75. The molecule has 0 amide bonds. The molecule has 0 saturated carbocycles. The van der Waals surface area contributed by atoms with Gasteiger partial charge >= 0.3 is 5.97 Å². The average Bonchev–Trinajstić information content (AvgIpc) is 3.10. The van der Waals surface area contributed by atoms with Gasteiger partial charge in [0.05, 0.1) is 13.2 Å². The van der Waals surface area contributed by atoms with E-state index in [4.69, 9.17) is 16.3 Å². The molecule has 1 aromatic rings. The van der Waals surface area contributed by atoms with Crippen molar-refractivity contribution in [3.8, 4) is 0 Å². The fourth-order valence-corrected chi connectivity index (χ4v) is 4.08. The van der Waals surface area contributed by atoms with Crippen molar-refractivity contribution in [2.75, 3.05) is 7.11 Å². The second-order valence-electron chi connectivity index (χ2n) is 6.21. The van der Waals surface area contributed by atoms with Crippen LogP contribution in [0.3, 0.4) is 0 Å². The van der Waals surface area contributed by atoms with Crippen LogP contribution in [0.25, 0.3) is 0 Å². The summed E-state index contributed by atoms with van der Waals surface area (Å²) in [4.78, 5) is 12.3. The predicted octanol–water partition coefficient (Wildman–Crippen LogP) is 4.71. The van der Waals surface area contributed by atoms with Crippen LogP contribution < -0.4 is 5.32 Å². The topological polar surface area (TPSA) is 38.3 Å². The monoisotopic (exact) mass is 343 g/mol. The zero-order valence-corrected chi connectivity index (χ0v) is 15.0. The Labute approximate surface area is 148 Å². The largest absolute Gasteiger partial charge is 0.464 e. The summed E-state index contributed by atoms with van der Waals surface area (Å²) < 4.78 is 5.00. The van der Waals surface area contributed by atoms with Gasteiger partial charge in [-0.25, -0.2) is 4.79 Å². The fourth-order valence-electron chi connectivity index (χ4n) is 3.96. The molecule has 126 valence electrons. The van der Waals surface area contributed by atoms with Crippen LogP contribution in [-0.4, -0.2) is 13.1 Å². The van der Waals surface area contributed by atoms with Gasteiger partial charge in [-0.1, -0.05) is 55.8 Å². The van der Waals surface area contributed by atoms with E-state index in [0.29, 0.717) is 10.7 Å². The van der Waals surface area contributed by atoms with Crippen molar-refractivity contribution in [1.82, 2.24) is 5.32 Å². The molecule has 2 aliphatic rings. The van der Waals surface area contributed by atoms with Crippen molar-refractivity contribution in [3.63, 3.8) is 0 Å². The lowest BCUT2D eigenvalue weighted by atomic mass is 9.64. The minimum absolute atomic E-state index is 0.00577. The van der Waals surface area contributed by atoms with Crippen LogP contribution in [0, 0.1) is 5.41 Å². The number of hydrogen-bond acceptors (Lipinski definition) is 3. The molecular weight excluding hydrogens is 322 g/mol. The van der Waals surface area contributed by atoms with E-state index in [1.807, 2.05) is 36.4 Å². The first-order valence-electron chi connectivity index (χ1n) is 8.31. The van der Waals surface area contributed by atoms with Crippen LogP contribution in [0.5, 0.6) is 0 Å². The number of rotatable bonds is 4. The molecule has 1 aliphatic carbocycles. The molecule has 24 heavy (non-hydrogen) atoms. The maximum absolute atomic E-state index is 12.3. The Morgan fingerprint density at radius 1 is 1.25 bits per heavy atom. The normalized spacial score (nSPS) is 21.2. The first-order chi connectivity index (χ1) is 11.6. The van der Waals surface area contributed by atoms with Gasteiger partial charge in [-0.2, -0.15) is 0 Å². The van der Waals surface area contributed by atoms with Crippen LogP contribution in [0.4, 0.5) is 0 Å². The Morgan fingerprint density at radius 3 is 2.50 bits per heavy atom. The molecule has 0 bridgehead atoms. The summed E-state index contributed by atoms with van der Waals surface area (Å²) in [6.45, 7) is 4.40. The Balaban J connectivity index is 2.17. The van der Waals surface area contributed by atoms with Gasteiger partial charge in [0.15, 0.2) is 0 Å². The molecule has 0 saturated heterocycles. The SMILES string of the molecule is CCC1(CC)C2=CC=CC2=C(C(=O)OC)NC1c1ccc(Cl)cc1. The molecular formula is C20H22ClNO2. The molecule has 1 aromatic carbocycles. The Hall–Kier alpha value is -2.00. The van der Waals surface area contributed by atoms with Gasteiger partial charge in [-0.3, -0.25) is 0 Å². The van der Waals surface area contributed by atoms with E-state index in [1.165, 1.54) is 12.7 Å². The molecule has 1 atom stereocenters. The summed E-state index contributed by atoms with van der Waals surface area (Å²) in [7, 11) is 1.42. The number of carbonyl (C=O) groups is 1. The zero-order chi connectivity index (χ0) is 17.3. The molecule has 1 unspecified atom stereocenters.